The second kappa shape index (κ2) is 4.72. The largest absolute Gasteiger partial charge is 0.462 e. The average molecular weight is 250 g/mol. The quantitative estimate of drug-likeness (QED) is 0.769. The molecule has 0 spiro atoms. The van der Waals surface area contributed by atoms with Gasteiger partial charge in [0.25, 0.3) is 0 Å². The Bertz CT molecular complexity index is 445. The first-order chi connectivity index (χ1) is 8.79. The molecule has 1 aromatic rings. The van der Waals surface area contributed by atoms with Crippen LogP contribution in [0.3, 0.4) is 0 Å². The highest BCUT2D eigenvalue weighted by atomic mass is 16.5. The Morgan fingerprint density at radius 2 is 2.39 bits per heavy atom. The van der Waals surface area contributed by atoms with Crippen molar-refractivity contribution >= 4 is 5.97 Å². The molecule has 18 heavy (non-hydrogen) atoms. The molecule has 0 bridgehead atoms. The second-order valence-electron chi connectivity index (χ2n) is 4.86. The third-order valence-electron chi connectivity index (χ3n) is 3.41. The normalized spacial score (nSPS) is 23.3. The van der Waals surface area contributed by atoms with Crippen molar-refractivity contribution < 1.29 is 14.3 Å². The number of carbonyl (C=O) groups is 1. The number of ether oxygens (including phenoxy) is 2. The maximum atomic E-state index is 11.9. The summed E-state index contributed by atoms with van der Waals surface area (Å²) in [6, 6.07) is 0.466. The van der Waals surface area contributed by atoms with Crippen LogP contribution in [0.1, 0.15) is 60.8 Å². The van der Waals surface area contributed by atoms with Gasteiger partial charge < -0.3 is 9.47 Å². The predicted molar refractivity (Wildman–Crippen MR) is 64.4 cm³/mol. The van der Waals surface area contributed by atoms with E-state index in [1.165, 1.54) is 0 Å². The molecule has 0 N–H and O–H groups in total. The molecule has 2 aliphatic rings. The lowest BCUT2D eigenvalue weighted by Crippen LogP contribution is -2.09. The second-order valence-corrected chi connectivity index (χ2v) is 4.86. The molecule has 5 heteroatoms. The van der Waals surface area contributed by atoms with Crippen LogP contribution < -0.4 is 0 Å². The van der Waals surface area contributed by atoms with Crippen molar-refractivity contribution in [1.82, 2.24) is 9.78 Å². The summed E-state index contributed by atoms with van der Waals surface area (Å²) in [7, 11) is 0. The standard InChI is InChI=1S/C13H18N2O3/c1-2-17-13(16)10-8-15(9-5-6-9)14-12(10)11-4-3-7-18-11/h8-9,11H,2-7H2,1H3. The zero-order valence-electron chi connectivity index (χ0n) is 10.6. The van der Waals surface area contributed by atoms with Crippen molar-refractivity contribution in [3.63, 3.8) is 0 Å². The monoisotopic (exact) mass is 250 g/mol. The van der Waals surface area contributed by atoms with Gasteiger partial charge >= 0.3 is 5.97 Å². The van der Waals surface area contributed by atoms with Crippen LogP contribution in [0.4, 0.5) is 0 Å². The summed E-state index contributed by atoms with van der Waals surface area (Å²) in [6.07, 6.45) is 6.05. The van der Waals surface area contributed by atoms with Crippen LogP contribution in [0.5, 0.6) is 0 Å². The van der Waals surface area contributed by atoms with E-state index in [0.29, 0.717) is 18.2 Å². The van der Waals surface area contributed by atoms with Gasteiger partial charge in [-0.1, -0.05) is 0 Å². The third-order valence-corrected chi connectivity index (χ3v) is 3.41. The molecule has 1 aliphatic carbocycles. The average Bonchev–Trinajstić information content (AvgIpc) is 2.93. The minimum Gasteiger partial charge on any atom is -0.462 e. The SMILES string of the molecule is CCOC(=O)c1cn(C2CC2)nc1C1CCCO1. The number of rotatable bonds is 4. The van der Waals surface area contributed by atoms with E-state index in [2.05, 4.69) is 5.10 Å². The van der Waals surface area contributed by atoms with Gasteiger partial charge in [0.1, 0.15) is 17.4 Å². The van der Waals surface area contributed by atoms with Crippen LogP contribution in [0.25, 0.3) is 0 Å². The first kappa shape index (κ1) is 11.7. The molecule has 0 amide bonds. The van der Waals surface area contributed by atoms with Gasteiger partial charge in [-0.2, -0.15) is 5.10 Å². The van der Waals surface area contributed by atoms with Gasteiger partial charge in [0.2, 0.25) is 0 Å². The maximum Gasteiger partial charge on any atom is 0.341 e. The number of aromatic nitrogens is 2. The molecule has 2 heterocycles. The van der Waals surface area contributed by atoms with E-state index >= 15 is 0 Å². The zero-order valence-corrected chi connectivity index (χ0v) is 10.6. The van der Waals surface area contributed by atoms with Gasteiger partial charge in [0.15, 0.2) is 0 Å². The first-order valence-corrected chi connectivity index (χ1v) is 6.67. The lowest BCUT2D eigenvalue weighted by atomic mass is 10.1. The smallest absolute Gasteiger partial charge is 0.341 e. The summed E-state index contributed by atoms with van der Waals surface area (Å²) < 4.78 is 12.6. The predicted octanol–water partition coefficient (Wildman–Crippen LogP) is 2.25. The Labute approximate surface area is 106 Å². The minimum atomic E-state index is -0.282. The van der Waals surface area contributed by atoms with E-state index in [9.17, 15) is 4.79 Å². The summed E-state index contributed by atoms with van der Waals surface area (Å²) in [5, 5.41) is 4.55. The van der Waals surface area contributed by atoms with Crippen LogP contribution in [-0.4, -0.2) is 29.0 Å². The molecular formula is C13H18N2O3. The zero-order chi connectivity index (χ0) is 12.5. The Balaban J connectivity index is 1.90. The lowest BCUT2D eigenvalue weighted by Gasteiger charge is -2.08. The highest BCUT2D eigenvalue weighted by molar-refractivity contribution is 5.90. The van der Waals surface area contributed by atoms with E-state index < -0.39 is 0 Å². The van der Waals surface area contributed by atoms with Gasteiger partial charge in [0, 0.05) is 12.8 Å². The summed E-state index contributed by atoms with van der Waals surface area (Å²) in [5.74, 6) is -0.282. The molecular weight excluding hydrogens is 232 g/mol. The Kier molecular flexibility index (Phi) is 3.07. The lowest BCUT2D eigenvalue weighted by molar-refractivity contribution is 0.0514. The van der Waals surface area contributed by atoms with Crippen molar-refractivity contribution in [1.29, 1.82) is 0 Å². The molecule has 3 rings (SSSR count). The Morgan fingerprint density at radius 3 is 3.00 bits per heavy atom. The Hall–Kier alpha value is -1.36. The van der Waals surface area contributed by atoms with E-state index in [-0.39, 0.29) is 12.1 Å². The molecule has 1 aromatic heterocycles. The summed E-state index contributed by atoms with van der Waals surface area (Å²) in [6.45, 7) is 2.95. The number of nitrogens with zero attached hydrogens (tertiary/aromatic N) is 2. The summed E-state index contributed by atoms with van der Waals surface area (Å²) in [4.78, 5) is 11.9. The van der Waals surface area contributed by atoms with Gasteiger partial charge in [-0.3, -0.25) is 4.68 Å². The van der Waals surface area contributed by atoms with Crippen molar-refractivity contribution in [3.05, 3.63) is 17.5 Å². The van der Waals surface area contributed by atoms with Crippen molar-refractivity contribution in [2.24, 2.45) is 0 Å². The van der Waals surface area contributed by atoms with Gasteiger partial charge in [0.05, 0.1) is 12.6 Å². The van der Waals surface area contributed by atoms with Crippen LogP contribution >= 0.6 is 0 Å². The topological polar surface area (TPSA) is 53.4 Å². The maximum absolute atomic E-state index is 11.9. The molecule has 1 aliphatic heterocycles. The van der Waals surface area contributed by atoms with Gasteiger partial charge in [-0.05, 0) is 32.6 Å². The van der Waals surface area contributed by atoms with Crippen molar-refractivity contribution in [2.45, 2.75) is 44.8 Å². The molecule has 0 radical (unpaired) electrons. The van der Waals surface area contributed by atoms with Crippen LogP contribution in [0.2, 0.25) is 0 Å². The van der Waals surface area contributed by atoms with Crippen molar-refractivity contribution in [3.8, 4) is 0 Å². The van der Waals surface area contributed by atoms with E-state index in [0.717, 1.165) is 38.0 Å². The molecule has 1 unspecified atom stereocenters. The number of hydrogen-bond donors (Lipinski definition) is 0. The number of esters is 1. The molecule has 0 aromatic carbocycles. The molecule has 5 nitrogen and oxygen atoms in total. The highest BCUT2D eigenvalue weighted by Gasteiger charge is 2.32. The summed E-state index contributed by atoms with van der Waals surface area (Å²) in [5.41, 5.74) is 1.34. The molecule has 1 saturated heterocycles. The van der Waals surface area contributed by atoms with Crippen LogP contribution in [0.15, 0.2) is 6.20 Å². The minimum absolute atomic E-state index is 0.0376. The highest BCUT2D eigenvalue weighted by Crippen LogP contribution is 2.37. The van der Waals surface area contributed by atoms with E-state index in [1.807, 2.05) is 17.8 Å². The first-order valence-electron chi connectivity index (χ1n) is 6.67. The molecule has 2 fully saturated rings. The van der Waals surface area contributed by atoms with Crippen LogP contribution in [0, 0.1) is 0 Å². The summed E-state index contributed by atoms with van der Waals surface area (Å²) >= 11 is 0. The number of carbonyl (C=O) groups excluding carboxylic acids is 1. The van der Waals surface area contributed by atoms with E-state index in [4.69, 9.17) is 9.47 Å². The van der Waals surface area contributed by atoms with Crippen molar-refractivity contribution in [2.75, 3.05) is 13.2 Å². The van der Waals surface area contributed by atoms with Crippen LogP contribution in [-0.2, 0) is 9.47 Å². The van der Waals surface area contributed by atoms with E-state index in [1.54, 1.807) is 0 Å². The fourth-order valence-corrected chi connectivity index (χ4v) is 2.33. The molecule has 98 valence electrons. The van der Waals surface area contributed by atoms with Gasteiger partial charge in [-0.25, -0.2) is 4.79 Å². The third kappa shape index (κ3) is 2.14. The fourth-order valence-electron chi connectivity index (χ4n) is 2.33. The molecule has 1 saturated carbocycles. The molecule has 1 atom stereocenters. The fraction of sp³-hybridized carbons (Fsp3) is 0.692. The van der Waals surface area contributed by atoms with Gasteiger partial charge in [-0.15, -0.1) is 0 Å². The number of hydrogen-bond acceptors (Lipinski definition) is 4. The Morgan fingerprint density at radius 1 is 1.56 bits per heavy atom.